The summed E-state index contributed by atoms with van der Waals surface area (Å²) >= 11 is 0. The minimum absolute atomic E-state index is 0.0229. The van der Waals surface area contributed by atoms with Gasteiger partial charge in [0.2, 0.25) is 11.8 Å². The van der Waals surface area contributed by atoms with Crippen LogP contribution in [0, 0.1) is 5.41 Å². The maximum absolute atomic E-state index is 14.2. The SMILES string of the molecule is N=c1ccc2c(-c3cc(C(=O)NCCOCCOCCOCCn4nnc5c4-c4ccccc4CN(C(=O)CCCCC(=O)Nc4ccc6c(S(=O)(=O)O)cccc6c4S(=O)(=O)O)c4ccccc4-5)ccc3C(=O)O)c3ccc(N)cc3oc-2c1. The van der Waals surface area contributed by atoms with Crippen molar-refractivity contribution in [1.29, 1.82) is 5.41 Å². The summed E-state index contributed by atoms with van der Waals surface area (Å²) in [4.78, 5) is 53.5. The number of hydrogen-bond donors (Lipinski definition) is 7. The number of unbranched alkanes of at least 4 members (excludes halogenated alkanes) is 1. The number of carbonyl (C=O) groups is 4. The molecule has 0 spiro atoms. The van der Waals surface area contributed by atoms with Crippen LogP contribution in [0.2, 0.25) is 0 Å². The number of carboxylic acid groups (broad SMARTS) is 1. The van der Waals surface area contributed by atoms with Crippen molar-refractivity contribution in [2.24, 2.45) is 0 Å². The summed E-state index contributed by atoms with van der Waals surface area (Å²) in [6.07, 6.45) is 0.445. The van der Waals surface area contributed by atoms with Crippen LogP contribution in [0.15, 0.2) is 148 Å². The van der Waals surface area contributed by atoms with Gasteiger partial charge in [0, 0.05) is 81.2 Å². The second-order valence-electron chi connectivity index (χ2n) is 19.8. The molecule has 10 rings (SSSR count). The van der Waals surface area contributed by atoms with Crippen molar-refractivity contribution in [3.05, 3.63) is 156 Å². The number of rotatable bonds is 23. The monoisotopic (exact) mass is 1190 g/mol. The predicted molar refractivity (Wildman–Crippen MR) is 313 cm³/mol. The van der Waals surface area contributed by atoms with E-state index in [1.54, 1.807) is 39.9 Å². The first-order valence-electron chi connectivity index (χ1n) is 26.8. The van der Waals surface area contributed by atoms with Crippen LogP contribution in [0.4, 0.5) is 17.1 Å². The first-order valence-corrected chi connectivity index (χ1v) is 29.7. The molecule has 1 aromatic heterocycles. The van der Waals surface area contributed by atoms with E-state index >= 15 is 0 Å². The molecule has 0 radical (unpaired) electrons. The molecule has 85 heavy (non-hydrogen) atoms. The number of amides is 3. The van der Waals surface area contributed by atoms with E-state index in [1.807, 2.05) is 48.5 Å². The molecule has 8 N–H and O–H groups in total. The van der Waals surface area contributed by atoms with E-state index in [0.717, 1.165) is 29.0 Å². The van der Waals surface area contributed by atoms with Crippen molar-refractivity contribution < 1.29 is 68.9 Å². The Hall–Kier alpha value is -9.21. The predicted octanol–water partition coefficient (Wildman–Crippen LogP) is 8.06. The molecule has 1 aliphatic carbocycles. The number of aromatic nitrogens is 3. The Morgan fingerprint density at radius 1 is 0.694 bits per heavy atom. The fourth-order valence-electron chi connectivity index (χ4n) is 10.3. The van der Waals surface area contributed by atoms with Crippen molar-refractivity contribution in [2.75, 3.05) is 62.1 Å². The number of nitrogens with two attached hydrogens (primary N) is 1. The van der Waals surface area contributed by atoms with Gasteiger partial charge in [-0.1, -0.05) is 65.9 Å². The second kappa shape index (κ2) is 25.3. The first-order chi connectivity index (χ1) is 40.8. The molecule has 6 aromatic carbocycles. The molecule has 3 amide bonds. The molecular formula is C60H56N8O15S2. The number of carboxylic acids is 1. The van der Waals surface area contributed by atoms with Crippen LogP contribution in [0.25, 0.3) is 66.7 Å². The van der Waals surface area contributed by atoms with E-state index < -0.39 is 47.8 Å². The molecule has 23 nitrogen and oxygen atoms in total. The van der Waals surface area contributed by atoms with Crippen LogP contribution in [-0.4, -0.2) is 116 Å². The number of ether oxygens (including phenoxy) is 3. The largest absolute Gasteiger partial charge is 0.478 e. The van der Waals surface area contributed by atoms with E-state index in [2.05, 4.69) is 20.9 Å². The minimum Gasteiger partial charge on any atom is -0.478 e. The molecule has 0 atom stereocenters. The Labute approximate surface area is 486 Å². The van der Waals surface area contributed by atoms with Gasteiger partial charge < -0.3 is 50.4 Å². The van der Waals surface area contributed by atoms with Crippen molar-refractivity contribution in [2.45, 2.75) is 48.6 Å². The molecule has 438 valence electrons. The lowest BCUT2D eigenvalue weighted by molar-refractivity contribution is -0.119. The summed E-state index contributed by atoms with van der Waals surface area (Å²) in [5.74, 6) is -2.09. The molecule has 7 aromatic rings. The highest BCUT2D eigenvalue weighted by molar-refractivity contribution is 7.86. The smallest absolute Gasteiger partial charge is 0.336 e. The van der Waals surface area contributed by atoms with Crippen LogP contribution in [-0.2, 0) is 57.1 Å². The number of carbonyl (C=O) groups excluding carboxylic acids is 3. The summed E-state index contributed by atoms with van der Waals surface area (Å²) < 4.78 is 93.9. The van der Waals surface area contributed by atoms with Crippen LogP contribution in [0.3, 0.4) is 0 Å². The molecule has 0 bridgehead atoms. The Bertz CT molecular complexity index is 4340. The van der Waals surface area contributed by atoms with E-state index in [1.165, 1.54) is 42.5 Å². The lowest BCUT2D eigenvalue weighted by Gasteiger charge is -2.28. The molecule has 25 heteroatoms. The highest BCUT2D eigenvalue weighted by Crippen LogP contribution is 2.44. The van der Waals surface area contributed by atoms with Crippen molar-refractivity contribution >= 4 is 82.7 Å². The number of para-hydroxylation sites is 1. The zero-order chi connectivity index (χ0) is 60.0. The molecular weight excluding hydrogens is 1140 g/mol. The number of hydrogen-bond acceptors (Lipinski definition) is 16. The number of aromatic carboxylic acids is 1. The Morgan fingerprint density at radius 3 is 2.18 bits per heavy atom. The molecule has 0 unspecified atom stereocenters. The maximum Gasteiger partial charge on any atom is 0.336 e. The van der Waals surface area contributed by atoms with Gasteiger partial charge in [0.25, 0.3) is 26.1 Å². The fourth-order valence-corrected chi connectivity index (χ4v) is 11.9. The highest BCUT2D eigenvalue weighted by Gasteiger charge is 2.30. The van der Waals surface area contributed by atoms with Crippen LogP contribution < -0.4 is 26.6 Å². The average molecular weight is 1190 g/mol. The van der Waals surface area contributed by atoms with E-state index in [4.69, 9.17) is 29.8 Å². The number of benzene rings is 7. The summed E-state index contributed by atoms with van der Waals surface area (Å²) in [6, 6.07) is 35.1. The van der Waals surface area contributed by atoms with Crippen LogP contribution >= 0.6 is 0 Å². The van der Waals surface area contributed by atoms with Gasteiger partial charge in [0.05, 0.1) is 80.7 Å². The van der Waals surface area contributed by atoms with Gasteiger partial charge >= 0.3 is 5.97 Å². The molecule has 3 aliphatic rings. The van der Waals surface area contributed by atoms with E-state index in [0.29, 0.717) is 62.6 Å². The summed E-state index contributed by atoms with van der Waals surface area (Å²) in [5.41, 5.74) is 12.5. The quantitative estimate of drug-likeness (QED) is 0.0138. The molecule has 3 heterocycles. The lowest BCUT2D eigenvalue weighted by atomic mass is 9.89. The highest BCUT2D eigenvalue weighted by atomic mass is 32.2. The van der Waals surface area contributed by atoms with Gasteiger partial charge in [-0.25, -0.2) is 9.48 Å². The number of nitrogens with one attached hydrogen (secondary N) is 3. The Kier molecular flexibility index (Phi) is 17.6. The van der Waals surface area contributed by atoms with Crippen molar-refractivity contribution in [3.8, 4) is 45.0 Å². The van der Waals surface area contributed by atoms with Gasteiger partial charge in [-0.15, -0.1) is 5.10 Å². The third-order valence-electron chi connectivity index (χ3n) is 14.2. The normalized spacial score (nSPS) is 12.3. The van der Waals surface area contributed by atoms with Gasteiger partial charge in [0.15, 0.2) is 0 Å². The van der Waals surface area contributed by atoms with Crippen LogP contribution in [0.1, 0.15) is 52.0 Å². The Morgan fingerprint density at radius 2 is 1.41 bits per heavy atom. The van der Waals surface area contributed by atoms with Crippen molar-refractivity contribution in [1.82, 2.24) is 20.3 Å². The standard InChI is InChI=1S/C60H56N8O15S2/c61-38-17-20-45-50(33-38)83-51-34-39(62)18-21-46(51)55(45)47-32-36(16-19-43(47)60(72)73)59(71)63-24-26-80-28-30-82-31-29-81-27-25-68-57-40-9-2-1-8-37(40)35-67(49-12-4-3-10-44(49)56(57)65-66-68)54(70)15-6-5-14-53(69)64-48-23-22-41-42(58(48)85(77,78)79)11-7-13-52(41)84(74,75)76/h1-4,7-13,16-23,32-34,61H,5-6,14-15,24-31,35,62H2,(H,63,71)(H,64,69)(H,72,73)(H,74,75,76)(H,77,78,79). The fraction of sp³-hybridized carbons (Fsp3) is 0.217. The number of anilines is 3. The third kappa shape index (κ3) is 13.1. The number of nitrogen functional groups attached to an aromatic ring is 1. The minimum atomic E-state index is -5.00. The van der Waals surface area contributed by atoms with Gasteiger partial charge in [-0.2, -0.15) is 16.8 Å². The summed E-state index contributed by atoms with van der Waals surface area (Å²) in [7, 11) is -9.76. The molecule has 0 fully saturated rings. The van der Waals surface area contributed by atoms with Gasteiger partial charge in [-0.3, -0.25) is 23.5 Å². The average Bonchev–Trinajstić information content (AvgIpc) is 2.47. The second-order valence-corrected chi connectivity index (χ2v) is 22.5. The number of fused-ring (bicyclic) bond motifs is 8. The van der Waals surface area contributed by atoms with Gasteiger partial charge in [0.1, 0.15) is 26.8 Å². The van der Waals surface area contributed by atoms with E-state index in [9.17, 15) is 50.2 Å². The molecule has 0 saturated carbocycles. The van der Waals surface area contributed by atoms with Gasteiger partial charge in [-0.05, 0) is 84.6 Å². The van der Waals surface area contributed by atoms with Crippen LogP contribution in [0.5, 0.6) is 0 Å². The maximum atomic E-state index is 14.2. The Balaban J connectivity index is 0.685. The van der Waals surface area contributed by atoms with E-state index in [-0.39, 0.29) is 117 Å². The zero-order valence-corrected chi connectivity index (χ0v) is 47.0. The number of nitrogens with zero attached hydrogens (tertiary/aromatic N) is 4. The zero-order valence-electron chi connectivity index (χ0n) is 45.3. The molecule has 2 aliphatic heterocycles. The third-order valence-corrected chi connectivity index (χ3v) is 16.0. The summed E-state index contributed by atoms with van der Waals surface area (Å²) in [5, 5.41) is 33.1. The topological polar surface area (TPSA) is 346 Å². The first kappa shape index (κ1) is 59.0. The lowest BCUT2D eigenvalue weighted by Crippen LogP contribution is -2.31. The molecule has 0 saturated heterocycles. The van der Waals surface area contributed by atoms with Crippen molar-refractivity contribution in [3.63, 3.8) is 0 Å². The summed E-state index contributed by atoms with van der Waals surface area (Å²) in [6.45, 7) is 2.27.